The number of amides is 1. The zero-order valence-corrected chi connectivity index (χ0v) is 20.2. The van der Waals surface area contributed by atoms with Crippen molar-refractivity contribution in [2.45, 2.75) is 13.0 Å². The average molecular weight is 571 g/mol. The second-order valence-electron chi connectivity index (χ2n) is 6.31. The molecule has 8 heteroatoms. The molecule has 4 nitrogen and oxygen atoms in total. The van der Waals surface area contributed by atoms with Crippen LogP contribution in [-0.4, -0.2) is 12.1 Å². The highest BCUT2D eigenvalue weighted by Crippen LogP contribution is 2.28. The minimum atomic E-state index is -0.188. The monoisotopic (exact) mass is 568 g/mol. The third-order valence-corrected chi connectivity index (χ3v) is 5.77. The maximum absolute atomic E-state index is 12.0. The topological polar surface area (TPSA) is 50.7 Å². The van der Waals surface area contributed by atoms with E-state index < -0.39 is 0 Å². The molecule has 0 heterocycles. The molecule has 30 heavy (non-hydrogen) atoms. The summed E-state index contributed by atoms with van der Waals surface area (Å²) >= 11 is 18.9. The second-order valence-corrected chi connectivity index (χ2v) is 8.92. The molecule has 3 aromatic rings. The summed E-state index contributed by atoms with van der Waals surface area (Å²) in [6.07, 6.45) is 1.83. The molecule has 1 amide bonds. The van der Waals surface area contributed by atoms with Crippen molar-refractivity contribution >= 4 is 67.2 Å². The molecule has 3 aromatic carbocycles. The van der Waals surface area contributed by atoms with Gasteiger partial charge in [-0.3, -0.25) is 4.79 Å². The summed E-state index contributed by atoms with van der Waals surface area (Å²) in [6.45, 7) is 0.314. The number of hydrogen-bond acceptors (Lipinski definition) is 3. The van der Waals surface area contributed by atoms with Crippen LogP contribution in [0.2, 0.25) is 10.0 Å². The van der Waals surface area contributed by atoms with Crippen LogP contribution in [0.4, 0.5) is 0 Å². The SMILES string of the molecule is O=C(Cc1ccc(Br)cc1)N/N=C/c1ccc(OCc2ccc(Cl)cc2Cl)c(Br)c1. The highest BCUT2D eigenvalue weighted by molar-refractivity contribution is 9.10. The molecule has 1 N–H and O–H groups in total. The molecule has 0 saturated carbocycles. The predicted molar refractivity (Wildman–Crippen MR) is 129 cm³/mol. The third-order valence-electron chi connectivity index (χ3n) is 4.04. The van der Waals surface area contributed by atoms with E-state index in [0.29, 0.717) is 22.4 Å². The lowest BCUT2D eigenvalue weighted by molar-refractivity contribution is -0.120. The molecule has 154 valence electrons. The van der Waals surface area contributed by atoms with E-state index in [4.69, 9.17) is 27.9 Å². The number of halogens is 4. The van der Waals surface area contributed by atoms with Crippen molar-refractivity contribution in [3.63, 3.8) is 0 Å². The predicted octanol–water partition coefficient (Wildman–Crippen LogP) is 6.79. The van der Waals surface area contributed by atoms with Gasteiger partial charge >= 0.3 is 0 Å². The molecule has 0 bridgehead atoms. The first-order chi connectivity index (χ1) is 14.4. The van der Waals surface area contributed by atoms with E-state index in [0.717, 1.165) is 25.6 Å². The summed E-state index contributed by atoms with van der Waals surface area (Å²) in [5, 5.41) is 5.15. The van der Waals surface area contributed by atoms with Crippen molar-refractivity contribution in [1.82, 2.24) is 5.43 Å². The van der Waals surface area contributed by atoms with Crippen LogP contribution in [0.3, 0.4) is 0 Å². The summed E-state index contributed by atoms with van der Waals surface area (Å²) < 4.78 is 7.56. The number of nitrogens with zero attached hydrogens (tertiary/aromatic N) is 1. The van der Waals surface area contributed by atoms with Crippen LogP contribution in [0, 0.1) is 0 Å². The first-order valence-electron chi connectivity index (χ1n) is 8.83. The van der Waals surface area contributed by atoms with E-state index in [1.54, 1.807) is 18.3 Å². The Hall–Kier alpha value is -1.86. The van der Waals surface area contributed by atoms with Crippen molar-refractivity contribution in [2.75, 3.05) is 0 Å². The molecule has 0 unspecified atom stereocenters. The van der Waals surface area contributed by atoms with Gasteiger partial charge < -0.3 is 4.74 Å². The number of carbonyl (C=O) groups excluding carboxylic acids is 1. The zero-order valence-electron chi connectivity index (χ0n) is 15.5. The molecule has 0 spiro atoms. The van der Waals surface area contributed by atoms with Crippen molar-refractivity contribution in [3.8, 4) is 5.75 Å². The van der Waals surface area contributed by atoms with Crippen molar-refractivity contribution in [1.29, 1.82) is 0 Å². The minimum Gasteiger partial charge on any atom is -0.488 e. The van der Waals surface area contributed by atoms with Gasteiger partial charge in [0.2, 0.25) is 5.91 Å². The Labute approximate surface area is 201 Å². The van der Waals surface area contributed by atoms with Gasteiger partial charge in [0, 0.05) is 20.1 Å². The maximum Gasteiger partial charge on any atom is 0.244 e. The third kappa shape index (κ3) is 6.84. The summed E-state index contributed by atoms with van der Waals surface area (Å²) in [5.41, 5.74) is 5.09. The number of rotatable bonds is 7. The van der Waals surface area contributed by atoms with Crippen LogP contribution in [0.25, 0.3) is 0 Å². The Balaban J connectivity index is 1.54. The molecule has 0 atom stereocenters. The molecule has 0 radical (unpaired) electrons. The fourth-order valence-corrected chi connectivity index (χ4v) is 3.75. The minimum absolute atomic E-state index is 0.188. The van der Waals surface area contributed by atoms with Crippen LogP contribution in [0.5, 0.6) is 5.75 Å². The van der Waals surface area contributed by atoms with Crippen LogP contribution < -0.4 is 10.2 Å². The van der Waals surface area contributed by atoms with Gasteiger partial charge in [-0.1, -0.05) is 57.3 Å². The molecule has 3 rings (SSSR count). The number of ether oxygens (including phenoxy) is 1. The fourth-order valence-electron chi connectivity index (χ4n) is 2.51. The molecule has 0 aliphatic rings. The van der Waals surface area contributed by atoms with E-state index in [1.165, 1.54) is 0 Å². The highest BCUT2D eigenvalue weighted by atomic mass is 79.9. The number of hydrazone groups is 1. The summed E-state index contributed by atoms with van der Waals surface area (Å²) in [6, 6.07) is 18.4. The smallest absolute Gasteiger partial charge is 0.244 e. The maximum atomic E-state index is 12.0. The van der Waals surface area contributed by atoms with Crippen molar-refractivity contribution in [3.05, 3.63) is 96.3 Å². The molecule has 0 fully saturated rings. The highest BCUT2D eigenvalue weighted by Gasteiger charge is 2.06. The Bertz CT molecular complexity index is 1070. The van der Waals surface area contributed by atoms with E-state index in [1.807, 2.05) is 48.5 Å². The molecule has 0 saturated heterocycles. The van der Waals surface area contributed by atoms with Crippen LogP contribution in [-0.2, 0) is 17.8 Å². The summed E-state index contributed by atoms with van der Waals surface area (Å²) in [5.74, 6) is 0.477. The quantitative estimate of drug-likeness (QED) is 0.251. The fraction of sp³-hybridized carbons (Fsp3) is 0.0909. The molecule has 0 aliphatic carbocycles. The Morgan fingerprint density at radius 1 is 1.03 bits per heavy atom. The average Bonchev–Trinajstić information content (AvgIpc) is 2.70. The van der Waals surface area contributed by atoms with Gasteiger partial charge in [-0.2, -0.15) is 5.10 Å². The second kappa shape index (κ2) is 11.0. The molecular weight excluding hydrogens is 555 g/mol. The van der Waals surface area contributed by atoms with E-state index in [9.17, 15) is 4.79 Å². The Kier molecular flexibility index (Phi) is 8.33. The van der Waals surface area contributed by atoms with Gasteiger partial charge in [0.1, 0.15) is 12.4 Å². The Morgan fingerprint density at radius 2 is 1.80 bits per heavy atom. The number of nitrogens with one attached hydrogen (secondary N) is 1. The largest absolute Gasteiger partial charge is 0.488 e. The Morgan fingerprint density at radius 3 is 2.50 bits per heavy atom. The van der Waals surface area contributed by atoms with Crippen molar-refractivity contribution < 1.29 is 9.53 Å². The van der Waals surface area contributed by atoms with E-state index in [2.05, 4.69) is 42.4 Å². The van der Waals surface area contributed by atoms with Gasteiger partial charge in [-0.05, 0) is 69.5 Å². The first kappa shape index (κ1) is 22.8. The van der Waals surface area contributed by atoms with Gasteiger partial charge in [0.05, 0.1) is 17.1 Å². The van der Waals surface area contributed by atoms with E-state index in [-0.39, 0.29) is 12.3 Å². The normalized spacial score (nSPS) is 10.9. The first-order valence-corrected chi connectivity index (χ1v) is 11.2. The number of hydrogen-bond donors (Lipinski definition) is 1. The van der Waals surface area contributed by atoms with E-state index >= 15 is 0 Å². The number of benzene rings is 3. The summed E-state index contributed by atoms with van der Waals surface area (Å²) in [4.78, 5) is 12.0. The lowest BCUT2D eigenvalue weighted by Crippen LogP contribution is -2.19. The van der Waals surface area contributed by atoms with Crippen LogP contribution >= 0.6 is 55.1 Å². The van der Waals surface area contributed by atoms with Crippen molar-refractivity contribution in [2.24, 2.45) is 5.10 Å². The lowest BCUT2D eigenvalue weighted by atomic mass is 10.1. The lowest BCUT2D eigenvalue weighted by Gasteiger charge is -2.10. The van der Waals surface area contributed by atoms with Crippen LogP contribution in [0.15, 0.2) is 74.7 Å². The molecular formula is C22H16Br2Cl2N2O2. The van der Waals surface area contributed by atoms with Gasteiger partial charge in [0.15, 0.2) is 0 Å². The zero-order chi connectivity index (χ0) is 21.5. The number of carbonyl (C=O) groups is 1. The van der Waals surface area contributed by atoms with Gasteiger partial charge in [-0.25, -0.2) is 5.43 Å². The van der Waals surface area contributed by atoms with Crippen LogP contribution in [0.1, 0.15) is 16.7 Å². The summed E-state index contributed by atoms with van der Waals surface area (Å²) in [7, 11) is 0. The standard InChI is InChI=1S/C22H16Br2Cl2N2O2/c23-17-5-1-14(2-6-17)10-22(29)28-27-12-15-3-8-21(19(24)9-15)30-13-16-4-7-18(25)11-20(16)26/h1-9,11-12H,10,13H2,(H,28,29)/b27-12+. The van der Waals surface area contributed by atoms with Gasteiger partial charge in [-0.15, -0.1) is 0 Å². The molecule has 0 aromatic heterocycles. The van der Waals surface area contributed by atoms with Gasteiger partial charge in [0.25, 0.3) is 0 Å². The molecule has 0 aliphatic heterocycles.